The molecule has 1 unspecified atom stereocenters. The summed E-state index contributed by atoms with van der Waals surface area (Å²) in [6, 6.07) is 6.78. The van der Waals surface area contributed by atoms with Crippen molar-refractivity contribution < 1.29 is 14.3 Å². The van der Waals surface area contributed by atoms with Crippen LogP contribution < -0.4 is 26.0 Å². The molecule has 1 atom stereocenters. The molecule has 0 bridgehead atoms. The molecule has 5 heterocycles. The Bertz CT molecular complexity index is 1480. The van der Waals surface area contributed by atoms with Crippen molar-refractivity contribution in [3.05, 3.63) is 35.7 Å². The zero-order valence-electron chi connectivity index (χ0n) is 26.5. The first-order valence-corrected chi connectivity index (χ1v) is 16.1. The molecule has 1 aromatic carbocycles. The molecule has 0 radical (unpaired) electrons. The number of nitrogens with two attached hydrogens (primary N) is 1. The van der Waals surface area contributed by atoms with E-state index in [1.54, 1.807) is 7.11 Å². The van der Waals surface area contributed by atoms with Crippen molar-refractivity contribution in [3.8, 4) is 5.75 Å². The fraction of sp³-hybridized carbons (Fsp3) is 0.594. The van der Waals surface area contributed by atoms with Gasteiger partial charge in [0.25, 0.3) is 5.91 Å². The van der Waals surface area contributed by atoms with Crippen LogP contribution >= 0.6 is 0 Å². The van der Waals surface area contributed by atoms with Gasteiger partial charge in [-0.2, -0.15) is 10.2 Å². The lowest BCUT2D eigenvalue weighted by atomic mass is 9.64. The minimum Gasteiger partial charge on any atom is -0.495 e. The molecule has 1 spiro atoms. The number of rotatable bonds is 9. The third-order valence-corrected chi connectivity index (χ3v) is 9.94. The minimum absolute atomic E-state index is 0.0395. The summed E-state index contributed by atoms with van der Waals surface area (Å²) in [6.07, 6.45) is 6.17. The molecule has 1 amide bonds. The van der Waals surface area contributed by atoms with Crippen molar-refractivity contribution in [2.45, 2.75) is 50.7 Å². The monoisotopic (exact) mass is 616 g/mol. The van der Waals surface area contributed by atoms with Crippen LogP contribution in [-0.4, -0.2) is 110 Å². The highest BCUT2D eigenvalue weighted by atomic mass is 16.5. The van der Waals surface area contributed by atoms with Gasteiger partial charge in [0.15, 0.2) is 17.3 Å². The predicted octanol–water partition coefficient (Wildman–Crippen LogP) is 3.33. The summed E-state index contributed by atoms with van der Waals surface area (Å²) in [5.41, 5.74) is 8.99. The predicted molar refractivity (Wildman–Crippen MR) is 173 cm³/mol. The molecule has 240 valence electrons. The highest BCUT2D eigenvalue weighted by molar-refractivity contribution is 5.97. The van der Waals surface area contributed by atoms with Crippen molar-refractivity contribution in [2.75, 3.05) is 82.2 Å². The molecule has 1 aliphatic carbocycles. The lowest BCUT2D eigenvalue weighted by Gasteiger charge is -2.53. The number of aromatic nitrogens is 2. The van der Waals surface area contributed by atoms with Crippen molar-refractivity contribution in [2.24, 2.45) is 21.4 Å². The van der Waals surface area contributed by atoms with E-state index in [0.29, 0.717) is 23.3 Å². The van der Waals surface area contributed by atoms with Crippen molar-refractivity contribution in [1.82, 2.24) is 19.8 Å². The maximum atomic E-state index is 12.7. The van der Waals surface area contributed by atoms with Gasteiger partial charge < -0.3 is 35.6 Å². The topological polar surface area (TPSA) is 146 Å². The minimum atomic E-state index is -0.678. The number of azo groups is 1. The van der Waals surface area contributed by atoms with Crippen LogP contribution in [-0.2, 0) is 4.74 Å². The average molecular weight is 617 g/mol. The van der Waals surface area contributed by atoms with E-state index in [-0.39, 0.29) is 29.0 Å². The lowest BCUT2D eigenvalue weighted by Crippen LogP contribution is -2.56. The van der Waals surface area contributed by atoms with Crippen LogP contribution in [0.25, 0.3) is 5.70 Å². The zero-order chi connectivity index (χ0) is 31.1. The molecule has 13 nitrogen and oxygen atoms in total. The van der Waals surface area contributed by atoms with Crippen molar-refractivity contribution in [3.63, 3.8) is 0 Å². The Hall–Kier alpha value is -3.81. The van der Waals surface area contributed by atoms with E-state index in [4.69, 9.17) is 25.2 Å². The van der Waals surface area contributed by atoms with Gasteiger partial charge in [0.1, 0.15) is 17.1 Å². The molecule has 3 saturated heterocycles. The fourth-order valence-electron chi connectivity index (χ4n) is 7.27. The Morgan fingerprint density at radius 3 is 2.44 bits per heavy atom. The second-order valence-electron chi connectivity index (χ2n) is 13.3. The molecule has 7 rings (SSSR count). The number of benzene rings is 1. The van der Waals surface area contributed by atoms with E-state index in [1.165, 1.54) is 0 Å². The number of ether oxygens (including phenoxy) is 2. The van der Waals surface area contributed by atoms with Gasteiger partial charge in [-0.1, -0.05) is 0 Å². The lowest BCUT2D eigenvalue weighted by molar-refractivity contribution is -0.159. The number of hydrogen-bond donors (Lipinski definition) is 3. The van der Waals surface area contributed by atoms with Crippen LogP contribution in [0.3, 0.4) is 0 Å². The van der Waals surface area contributed by atoms with Gasteiger partial charge in [-0.15, -0.1) is 0 Å². The van der Waals surface area contributed by atoms with Gasteiger partial charge >= 0.3 is 0 Å². The van der Waals surface area contributed by atoms with Crippen LogP contribution in [0.15, 0.2) is 34.5 Å². The second-order valence-corrected chi connectivity index (χ2v) is 13.3. The smallest absolute Gasteiger partial charge is 0.271 e. The quantitative estimate of drug-likeness (QED) is 0.384. The van der Waals surface area contributed by atoms with Gasteiger partial charge in [0.05, 0.1) is 32.1 Å². The maximum Gasteiger partial charge on any atom is 0.271 e. The highest BCUT2D eigenvalue weighted by Crippen LogP contribution is 2.48. The molecule has 2 aromatic rings. The van der Waals surface area contributed by atoms with Crippen LogP contribution in [0, 0.1) is 5.41 Å². The first-order valence-electron chi connectivity index (χ1n) is 16.1. The molecule has 13 heteroatoms. The van der Waals surface area contributed by atoms with Gasteiger partial charge in [0, 0.05) is 68.5 Å². The number of carbonyl (C=O) groups is 1. The number of nitrogens with one attached hydrogen (secondary N) is 2. The third-order valence-electron chi connectivity index (χ3n) is 9.94. The Balaban J connectivity index is 1.10. The van der Waals surface area contributed by atoms with Crippen LogP contribution in [0.2, 0.25) is 0 Å². The number of methoxy groups -OCH3 is 1. The molecule has 4 aliphatic heterocycles. The van der Waals surface area contributed by atoms with Crippen molar-refractivity contribution >= 4 is 34.6 Å². The summed E-state index contributed by atoms with van der Waals surface area (Å²) < 4.78 is 11.3. The Labute approximate surface area is 264 Å². The molecule has 45 heavy (non-hydrogen) atoms. The van der Waals surface area contributed by atoms with Crippen LogP contribution in [0.4, 0.5) is 23.0 Å². The van der Waals surface area contributed by atoms with E-state index in [1.807, 2.05) is 25.1 Å². The SMILES string of the molecule is COc1cc(Nc2nc(NC3CC4(COC4)C3)c(C3=CC(C)N=N3)nc2C(N)=O)ccc1N1CCC(N2CCN(C)CC2)CC1. The molecule has 1 saturated carbocycles. The van der Waals surface area contributed by atoms with E-state index in [9.17, 15) is 4.79 Å². The van der Waals surface area contributed by atoms with Gasteiger partial charge in [-0.25, -0.2) is 9.97 Å². The molecule has 4 fully saturated rings. The largest absolute Gasteiger partial charge is 0.495 e. The van der Waals surface area contributed by atoms with E-state index in [0.717, 1.165) is 95.3 Å². The fourth-order valence-corrected chi connectivity index (χ4v) is 7.27. The maximum absolute atomic E-state index is 12.7. The third kappa shape index (κ3) is 6.08. The van der Waals surface area contributed by atoms with Gasteiger partial charge in [0.2, 0.25) is 0 Å². The summed E-state index contributed by atoms with van der Waals surface area (Å²) in [6.45, 7) is 10.1. The Morgan fingerprint density at radius 2 is 1.82 bits per heavy atom. The zero-order valence-corrected chi connectivity index (χ0v) is 26.5. The van der Waals surface area contributed by atoms with Gasteiger partial charge in [-0.3, -0.25) is 9.69 Å². The van der Waals surface area contributed by atoms with Crippen molar-refractivity contribution in [1.29, 1.82) is 0 Å². The van der Waals surface area contributed by atoms with Crippen LogP contribution in [0.5, 0.6) is 5.75 Å². The average Bonchev–Trinajstić information content (AvgIpc) is 3.44. The summed E-state index contributed by atoms with van der Waals surface area (Å²) >= 11 is 0. The van der Waals surface area contributed by atoms with Gasteiger partial charge in [-0.05, 0) is 57.9 Å². The second kappa shape index (κ2) is 12.2. The Kier molecular flexibility index (Phi) is 8.09. The van der Waals surface area contributed by atoms with E-state index < -0.39 is 5.91 Å². The Morgan fingerprint density at radius 1 is 1.07 bits per heavy atom. The number of primary amides is 1. The number of piperazine rings is 1. The van der Waals surface area contributed by atoms with E-state index >= 15 is 0 Å². The number of hydrogen-bond acceptors (Lipinski definition) is 12. The first kappa shape index (κ1) is 29.9. The summed E-state index contributed by atoms with van der Waals surface area (Å²) in [4.78, 5) is 29.7. The first-order chi connectivity index (χ1) is 21.8. The number of piperidine rings is 1. The molecule has 4 N–H and O–H groups in total. The van der Waals surface area contributed by atoms with E-state index in [2.05, 4.69) is 48.7 Å². The molecular weight excluding hydrogens is 572 g/mol. The highest BCUT2D eigenvalue weighted by Gasteiger charge is 2.50. The number of carbonyl (C=O) groups excluding carboxylic acids is 1. The molecule has 5 aliphatic rings. The number of nitrogens with zero attached hydrogens (tertiary/aromatic N) is 7. The standard InChI is InChI=1S/C32H44N10O3/c1-20-14-24(39-38-20)27-30(35-22-16-32(17-22)18-45-19-32)37-31(28(36-27)29(33)43)34-21-4-5-25(26(15-21)44-3)42-8-6-23(7-9-42)41-12-10-40(2)11-13-41/h4-5,14-15,20,22-23H,6-13,16-19H2,1-3H3,(H2,33,43)(H2,34,35,37). The number of anilines is 4. The normalized spacial score (nSPS) is 23.8. The number of amides is 1. The molecule has 1 aromatic heterocycles. The summed E-state index contributed by atoms with van der Waals surface area (Å²) in [5.74, 6) is 0.909. The molecular formula is C32H44N10O3. The van der Waals surface area contributed by atoms with Crippen LogP contribution in [0.1, 0.15) is 48.8 Å². The summed E-state index contributed by atoms with van der Waals surface area (Å²) in [7, 11) is 3.89. The summed E-state index contributed by atoms with van der Waals surface area (Å²) in [5, 5.41) is 15.4. The number of likely N-dealkylation sites (N-methyl/N-ethyl adjacent to an activating group) is 1.